The van der Waals surface area contributed by atoms with E-state index in [1.165, 1.54) is 0 Å². The summed E-state index contributed by atoms with van der Waals surface area (Å²) in [6, 6.07) is 11.6. The van der Waals surface area contributed by atoms with Crippen molar-refractivity contribution in [3.8, 4) is 0 Å². The van der Waals surface area contributed by atoms with E-state index in [9.17, 15) is 0 Å². The average molecular weight is 312 g/mol. The molecule has 0 atom stereocenters. The molecular weight excluding hydrogens is 300 g/mol. The molecule has 2 rings (SSSR count). The second-order valence-electron chi connectivity index (χ2n) is 3.83. The molecule has 2 nitrogen and oxygen atoms in total. The van der Waals surface area contributed by atoms with Gasteiger partial charge in [0.25, 0.3) is 0 Å². The number of rotatable bonds is 2. The molecule has 0 saturated heterocycles. The number of hydrogen-bond acceptors (Lipinski definition) is 2. The topological polar surface area (TPSA) is 38.0 Å². The molecule has 0 fully saturated rings. The standard InChI is InChI=1S/C13H12BrClN2/c1-8-2-3-10(7-13(8)16)17-9-4-5-11(14)12(15)6-9/h2-7,17H,16H2,1H3. The predicted molar refractivity (Wildman–Crippen MR) is 78.0 cm³/mol. The Morgan fingerprint density at radius 1 is 1.12 bits per heavy atom. The third kappa shape index (κ3) is 2.93. The highest BCUT2D eigenvalue weighted by Gasteiger charge is 2.01. The summed E-state index contributed by atoms with van der Waals surface area (Å²) in [5.41, 5.74) is 9.59. The molecule has 0 aliphatic rings. The first-order valence-corrected chi connectivity index (χ1v) is 6.31. The van der Waals surface area contributed by atoms with Gasteiger partial charge in [0, 0.05) is 21.5 Å². The molecule has 2 aromatic rings. The van der Waals surface area contributed by atoms with Gasteiger partial charge in [-0.05, 0) is 58.7 Å². The summed E-state index contributed by atoms with van der Waals surface area (Å²) in [7, 11) is 0. The van der Waals surface area contributed by atoms with Gasteiger partial charge in [-0.25, -0.2) is 0 Å². The zero-order valence-electron chi connectivity index (χ0n) is 9.30. The van der Waals surface area contributed by atoms with Crippen LogP contribution in [-0.4, -0.2) is 0 Å². The van der Waals surface area contributed by atoms with Gasteiger partial charge in [-0.2, -0.15) is 0 Å². The van der Waals surface area contributed by atoms with E-state index in [0.29, 0.717) is 5.02 Å². The van der Waals surface area contributed by atoms with E-state index < -0.39 is 0 Å². The SMILES string of the molecule is Cc1ccc(Nc2ccc(Br)c(Cl)c2)cc1N. The molecule has 0 radical (unpaired) electrons. The average Bonchev–Trinajstić information content (AvgIpc) is 2.29. The van der Waals surface area contributed by atoms with Crippen LogP contribution in [-0.2, 0) is 0 Å². The fourth-order valence-corrected chi connectivity index (χ4v) is 1.89. The van der Waals surface area contributed by atoms with Crippen LogP contribution >= 0.6 is 27.5 Å². The van der Waals surface area contributed by atoms with Gasteiger partial charge in [0.1, 0.15) is 0 Å². The lowest BCUT2D eigenvalue weighted by Crippen LogP contribution is -1.94. The maximum Gasteiger partial charge on any atom is 0.0568 e. The van der Waals surface area contributed by atoms with Gasteiger partial charge in [-0.15, -0.1) is 0 Å². The van der Waals surface area contributed by atoms with E-state index in [1.54, 1.807) is 0 Å². The third-order valence-electron chi connectivity index (χ3n) is 2.49. The number of aryl methyl sites for hydroxylation is 1. The molecule has 0 heterocycles. The Morgan fingerprint density at radius 2 is 1.76 bits per heavy atom. The Balaban J connectivity index is 2.25. The molecule has 88 valence electrons. The van der Waals surface area contributed by atoms with Crippen molar-refractivity contribution in [2.24, 2.45) is 0 Å². The fourth-order valence-electron chi connectivity index (χ4n) is 1.46. The summed E-state index contributed by atoms with van der Waals surface area (Å²) in [4.78, 5) is 0. The number of benzene rings is 2. The fraction of sp³-hybridized carbons (Fsp3) is 0.0769. The Hall–Kier alpha value is -1.19. The molecule has 0 saturated carbocycles. The molecular formula is C13H12BrClN2. The zero-order valence-corrected chi connectivity index (χ0v) is 11.6. The van der Waals surface area contributed by atoms with Crippen molar-refractivity contribution >= 4 is 44.6 Å². The van der Waals surface area contributed by atoms with Crippen LogP contribution in [0.25, 0.3) is 0 Å². The van der Waals surface area contributed by atoms with Crippen molar-refractivity contribution in [1.82, 2.24) is 0 Å². The van der Waals surface area contributed by atoms with E-state index in [-0.39, 0.29) is 0 Å². The molecule has 4 heteroatoms. The number of nitrogens with one attached hydrogen (secondary N) is 1. The van der Waals surface area contributed by atoms with Gasteiger partial charge in [0.15, 0.2) is 0 Å². The molecule has 0 aliphatic heterocycles. The first-order chi connectivity index (χ1) is 8.06. The van der Waals surface area contributed by atoms with Crippen LogP contribution in [0.5, 0.6) is 0 Å². The van der Waals surface area contributed by atoms with E-state index in [0.717, 1.165) is 27.1 Å². The van der Waals surface area contributed by atoms with Gasteiger partial charge < -0.3 is 11.1 Å². The number of nitrogen functional groups attached to an aromatic ring is 1. The molecule has 0 amide bonds. The molecule has 0 bridgehead atoms. The van der Waals surface area contributed by atoms with Gasteiger partial charge in [0.05, 0.1) is 5.02 Å². The first kappa shape index (κ1) is 12.3. The number of nitrogens with two attached hydrogens (primary N) is 1. The lowest BCUT2D eigenvalue weighted by atomic mass is 10.2. The van der Waals surface area contributed by atoms with Crippen LogP contribution in [0.2, 0.25) is 5.02 Å². The highest BCUT2D eigenvalue weighted by Crippen LogP contribution is 2.28. The Labute approximate surface area is 114 Å². The van der Waals surface area contributed by atoms with E-state index >= 15 is 0 Å². The minimum Gasteiger partial charge on any atom is -0.398 e. The van der Waals surface area contributed by atoms with Gasteiger partial charge in [-0.3, -0.25) is 0 Å². The van der Waals surface area contributed by atoms with Crippen molar-refractivity contribution in [3.63, 3.8) is 0 Å². The van der Waals surface area contributed by atoms with Crippen LogP contribution in [0.1, 0.15) is 5.56 Å². The lowest BCUT2D eigenvalue weighted by molar-refractivity contribution is 1.45. The van der Waals surface area contributed by atoms with Gasteiger partial charge in [0.2, 0.25) is 0 Å². The van der Waals surface area contributed by atoms with Gasteiger partial charge in [-0.1, -0.05) is 17.7 Å². The highest BCUT2D eigenvalue weighted by molar-refractivity contribution is 9.10. The van der Waals surface area contributed by atoms with Gasteiger partial charge >= 0.3 is 0 Å². The lowest BCUT2D eigenvalue weighted by Gasteiger charge is -2.09. The highest BCUT2D eigenvalue weighted by atomic mass is 79.9. The van der Waals surface area contributed by atoms with E-state index in [1.807, 2.05) is 43.3 Å². The van der Waals surface area contributed by atoms with Crippen LogP contribution in [0.15, 0.2) is 40.9 Å². The van der Waals surface area contributed by atoms with E-state index in [4.69, 9.17) is 17.3 Å². The maximum atomic E-state index is 6.02. The summed E-state index contributed by atoms with van der Waals surface area (Å²) >= 11 is 9.38. The van der Waals surface area contributed by atoms with Crippen LogP contribution in [0.4, 0.5) is 17.1 Å². The summed E-state index contributed by atoms with van der Waals surface area (Å²) < 4.78 is 0.883. The second-order valence-corrected chi connectivity index (χ2v) is 5.09. The molecule has 0 aliphatic carbocycles. The van der Waals surface area contributed by atoms with Crippen molar-refractivity contribution in [1.29, 1.82) is 0 Å². The molecule has 0 unspecified atom stereocenters. The largest absolute Gasteiger partial charge is 0.398 e. The minimum atomic E-state index is 0.676. The van der Waals surface area contributed by atoms with Crippen molar-refractivity contribution in [3.05, 3.63) is 51.5 Å². The van der Waals surface area contributed by atoms with Crippen molar-refractivity contribution < 1.29 is 0 Å². The Morgan fingerprint density at radius 3 is 2.41 bits per heavy atom. The first-order valence-electron chi connectivity index (χ1n) is 5.14. The summed E-state index contributed by atoms with van der Waals surface area (Å²) in [5, 5.41) is 3.93. The van der Waals surface area contributed by atoms with E-state index in [2.05, 4.69) is 21.2 Å². The quantitative estimate of drug-likeness (QED) is 0.786. The number of hydrogen-bond donors (Lipinski definition) is 2. The summed E-state index contributed by atoms with van der Waals surface area (Å²) in [6.07, 6.45) is 0. The summed E-state index contributed by atoms with van der Waals surface area (Å²) in [5.74, 6) is 0. The summed E-state index contributed by atoms with van der Waals surface area (Å²) in [6.45, 7) is 1.98. The Bertz CT molecular complexity index is 506. The molecule has 2 aromatic carbocycles. The molecule has 3 N–H and O–H groups in total. The predicted octanol–water partition coefficient (Wildman–Crippen LogP) is 4.74. The molecule has 0 aromatic heterocycles. The van der Waals surface area contributed by atoms with Crippen LogP contribution in [0, 0.1) is 6.92 Å². The second kappa shape index (κ2) is 4.98. The molecule has 0 spiro atoms. The van der Waals surface area contributed by atoms with Crippen molar-refractivity contribution in [2.45, 2.75) is 6.92 Å². The molecule has 17 heavy (non-hydrogen) atoms. The zero-order chi connectivity index (χ0) is 12.4. The Kier molecular flexibility index (Phi) is 3.60. The smallest absolute Gasteiger partial charge is 0.0568 e. The van der Waals surface area contributed by atoms with Crippen LogP contribution in [0.3, 0.4) is 0 Å². The number of anilines is 3. The van der Waals surface area contributed by atoms with Crippen LogP contribution < -0.4 is 11.1 Å². The van der Waals surface area contributed by atoms with Crippen molar-refractivity contribution in [2.75, 3.05) is 11.1 Å². The maximum absolute atomic E-state index is 6.02. The minimum absolute atomic E-state index is 0.676. The number of halogens is 2. The monoisotopic (exact) mass is 310 g/mol. The third-order valence-corrected chi connectivity index (χ3v) is 3.72. The normalized spacial score (nSPS) is 10.3.